The number of hydrogen-bond acceptors (Lipinski definition) is 2. The molecule has 0 N–H and O–H groups in total. The van der Waals surface area contributed by atoms with Crippen molar-refractivity contribution < 1.29 is 4.79 Å². The number of carbonyl (C=O) groups excluding carboxylic acids is 1. The van der Waals surface area contributed by atoms with Gasteiger partial charge in [-0.1, -0.05) is 35.3 Å². The smallest absolute Gasteiger partial charge is 0.232 e. The Labute approximate surface area is 132 Å². The van der Waals surface area contributed by atoms with E-state index in [1.165, 1.54) is 0 Å². The first-order valence-electron chi connectivity index (χ1n) is 5.98. The first-order chi connectivity index (χ1) is 9.43. The maximum absolute atomic E-state index is 11.9. The molecule has 2 nitrogen and oxygen atoms in total. The van der Waals surface area contributed by atoms with Crippen LogP contribution in [0.25, 0.3) is 0 Å². The highest BCUT2D eigenvalue weighted by Gasteiger charge is 2.34. The Kier molecular flexibility index (Phi) is 4.69. The van der Waals surface area contributed by atoms with E-state index in [0.717, 1.165) is 11.1 Å². The zero-order chi connectivity index (χ0) is 14.8. The second-order valence-corrected chi connectivity index (χ2v) is 5.93. The average Bonchev–Trinajstić information content (AvgIpc) is 2.42. The lowest BCUT2D eigenvalue weighted by molar-refractivity contribution is -0.116. The summed E-state index contributed by atoms with van der Waals surface area (Å²) in [5, 5.41) is 0.403. The van der Waals surface area contributed by atoms with Gasteiger partial charge in [-0.05, 0) is 54.3 Å². The molecule has 0 fully saturated rings. The van der Waals surface area contributed by atoms with E-state index < -0.39 is 10.7 Å². The zero-order valence-electron chi connectivity index (χ0n) is 10.7. The summed E-state index contributed by atoms with van der Waals surface area (Å²) in [5.41, 5.74) is 0.782. The summed E-state index contributed by atoms with van der Waals surface area (Å²) < 4.78 is 0. The highest BCUT2D eigenvalue weighted by atomic mass is 35.5. The molecule has 0 saturated heterocycles. The number of carbonyl (C=O) groups is 1. The Balaban J connectivity index is 2.43. The molecule has 1 unspecified atom stereocenters. The molecule has 20 heavy (non-hydrogen) atoms. The fraction of sp³-hybridized carbons (Fsp3) is 0.200. The Morgan fingerprint density at radius 1 is 1.25 bits per heavy atom. The average molecular weight is 329 g/mol. The van der Waals surface area contributed by atoms with E-state index in [1.807, 2.05) is 12.1 Å². The zero-order valence-corrected chi connectivity index (χ0v) is 13.0. The Morgan fingerprint density at radius 2 is 2.00 bits per heavy atom. The highest BCUT2D eigenvalue weighted by Crippen LogP contribution is 2.34. The fourth-order valence-corrected chi connectivity index (χ4v) is 2.51. The molecule has 2 aromatic rings. The third-order valence-corrected chi connectivity index (χ3v) is 4.43. The fourth-order valence-electron chi connectivity index (χ4n) is 2.04. The first kappa shape index (κ1) is 15.3. The van der Waals surface area contributed by atoms with Gasteiger partial charge in [0.05, 0.1) is 15.5 Å². The number of rotatable bonds is 4. The third kappa shape index (κ3) is 3.14. The maximum atomic E-state index is 11.9. The molecule has 1 heterocycles. The van der Waals surface area contributed by atoms with Crippen LogP contribution in [-0.4, -0.2) is 10.2 Å². The molecule has 2 rings (SSSR count). The van der Waals surface area contributed by atoms with Crippen molar-refractivity contribution >= 4 is 40.0 Å². The second kappa shape index (κ2) is 6.13. The van der Waals surface area contributed by atoms with Gasteiger partial charge in [0.25, 0.3) is 0 Å². The SMILES string of the molecule is CC(Cc1cccnc1)(C(=O)Cl)c1ccc(Cl)c(Cl)c1. The van der Waals surface area contributed by atoms with E-state index in [1.54, 1.807) is 37.5 Å². The van der Waals surface area contributed by atoms with Crippen molar-refractivity contribution in [3.63, 3.8) is 0 Å². The summed E-state index contributed by atoms with van der Waals surface area (Å²) in [6.45, 7) is 1.79. The van der Waals surface area contributed by atoms with Crippen molar-refractivity contribution in [1.82, 2.24) is 4.98 Å². The van der Waals surface area contributed by atoms with Crippen LogP contribution in [0.4, 0.5) is 0 Å². The molecule has 5 heteroatoms. The number of nitrogens with zero attached hydrogens (tertiary/aromatic N) is 1. The molecule has 0 aliphatic rings. The van der Waals surface area contributed by atoms with Gasteiger partial charge in [0.2, 0.25) is 5.24 Å². The van der Waals surface area contributed by atoms with Crippen LogP contribution in [0.15, 0.2) is 42.7 Å². The summed E-state index contributed by atoms with van der Waals surface area (Å²) in [6.07, 6.45) is 3.85. The molecular weight excluding hydrogens is 317 g/mol. The molecule has 1 atom stereocenters. The lowest BCUT2D eigenvalue weighted by Gasteiger charge is -2.26. The molecule has 0 saturated carbocycles. The van der Waals surface area contributed by atoms with Crippen LogP contribution in [0.2, 0.25) is 10.0 Å². The largest absolute Gasteiger partial charge is 0.280 e. The predicted octanol–water partition coefficient (Wildman–Crippen LogP) is 4.65. The van der Waals surface area contributed by atoms with Gasteiger partial charge in [-0.2, -0.15) is 0 Å². The number of benzene rings is 1. The monoisotopic (exact) mass is 327 g/mol. The van der Waals surface area contributed by atoms with Crippen molar-refractivity contribution in [1.29, 1.82) is 0 Å². The molecule has 0 radical (unpaired) electrons. The van der Waals surface area contributed by atoms with E-state index in [9.17, 15) is 4.79 Å². The number of pyridine rings is 1. The molecule has 0 aliphatic carbocycles. The van der Waals surface area contributed by atoms with Crippen LogP contribution in [-0.2, 0) is 16.6 Å². The van der Waals surface area contributed by atoms with E-state index in [2.05, 4.69) is 4.98 Å². The summed E-state index contributed by atoms with van der Waals surface area (Å²) in [7, 11) is 0. The minimum Gasteiger partial charge on any atom is -0.280 e. The van der Waals surface area contributed by atoms with Crippen molar-refractivity contribution in [2.24, 2.45) is 0 Å². The van der Waals surface area contributed by atoms with E-state index >= 15 is 0 Å². The van der Waals surface area contributed by atoms with Crippen LogP contribution in [0.3, 0.4) is 0 Å². The van der Waals surface area contributed by atoms with Crippen LogP contribution in [0.5, 0.6) is 0 Å². The predicted molar refractivity (Wildman–Crippen MR) is 82.6 cm³/mol. The summed E-state index contributed by atoms with van der Waals surface area (Å²) in [4.78, 5) is 16.0. The van der Waals surface area contributed by atoms with E-state index in [4.69, 9.17) is 34.8 Å². The first-order valence-corrected chi connectivity index (χ1v) is 7.11. The number of aromatic nitrogens is 1. The lowest BCUT2D eigenvalue weighted by atomic mass is 9.78. The van der Waals surface area contributed by atoms with Crippen molar-refractivity contribution in [3.8, 4) is 0 Å². The molecule has 104 valence electrons. The highest BCUT2D eigenvalue weighted by molar-refractivity contribution is 6.65. The van der Waals surface area contributed by atoms with Crippen LogP contribution >= 0.6 is 34.8 Å². The Morgan fingerprint density at radius 3 is 2.55 bits per heavy atom. The Hall–Kier alpha value is -1.09. The molecular formula is C15H12Cl3NO. The number of halogens is 3. The molecule has 0 aliphatic heterocycles. The van der Waals surface area contributed by atoms with Crippen LogP contribution < -0.4 is 0 Å². The molecule has 1 aromatic carbocycles. The van der Waals surface area contributed by atoms with Crippen LogP contribution in [0.1, 0.15) is 18.1 Å². The molecule has 0 amide bonds. The van der Waals surface area contributed by atoms with Crippen molar-refractivity contribution in [2.75, 3.05) is 0 Å². The van der Waals surface area contributed by atoms with Crippen molar-refractivity contribution in [3.05, 3.63) is 63.9 Å². The van der Waals surface area contributed by atoms with Gasteiger partial charge in [0, 0.05) is 12.4 Å². The summed E-state index contributed by atoms with van der Waals surface area (Å²) in [6, 6.07) is 8.85. The molecule has 1 aromatic heterocycles. The summed E-state index contributed by atoms with van der Waals surface area (Å²) >= 11 is 17.8. The topological polar surface area (TPSA) is 30.0 Å². The van der Waals surface area contributed by atoms with Gasteiger partial charge in [-0.25, -0.2) is 0 Å². The molecule has 0 bridgehead atoms. The van der Waals surface area contributed by atoms with Gasteiger partial charge >= 0.3 is 0 Å². The third-order valence-electron chi connectivity index (χ3n) is 3.27. The van der Waals surface area contributed by atoms with Crippen molar-refractivity contribution in [2.45, 2.75) is 18.8 Å². The van der Waals surface area contributed by atoms with Gasteiger partial charge < -0.3 is 0 Å². The normalized spacial score (nSPS) is 13.8. The van der Waals surface area contributed by atoms with Gasteiger partial charge in [-0.15, -0.1) is 0 Å². The van der Waals surface area contributed by atoms with Crippen LogP contribution in [0, 0.1) is 0 Å². The maximum Gasteiger partial charge on any atom is 0.232 e. The van der Waals surface area contributed by atoms with Gasteiger partial charge in [-0.3, -0.25) is 9.78 Å². The van der Waals surface area contributed by atoms with Gasteiger partial charge in [0.1, 0.15) is 0 Å². The standard InChI is InChI=1S/C15H12Cl3NO/c1-15(14(18)20,8-10-3-2-6-19-9-10)11-4-5-12(16)13(17)7-11/h2-7,9H,8H2,1H3. The van der Waals surface area contributed by atoms with Gasteiger partial charge in [0.15, 0.2) is 0 Å². The van der Waals surface area contributed by atoms with E-state index in [-0.39, 0.29) is 0 Å². The Bertz CT molecular complexity index is 630. The summed E-state index contributed by atoms with van der Waals surface area (Å²) in [5.74, 6) is 0. The lowest BCUT2D eigenvalue weighted by Crippen LogP contribution is -2.31. The number of hydrogen-bond donors (Lipinski definition) is 0. The van der Waals surface area contributed by atoms with E-state index in [0.29, 0.717) is 16.5 Å². The molecule has 0 spiro atoms. The minimum absolute atomic E-state index is 0.402. The second-order valence-electron chi connectivity index (χ2n) is 4.77. The quantitative estimate of drug-likeness (QED) is 0.764. The minimum atomic E-state index is -0.876.